The zero-order valence-corrected chi connectivity index (χ0v) is 14.3. The minimum atomic E-state index is 0.746. The van der Waals surface area contributed by atoms with Gasteiger partial charge in [0.15, 0.2) is 5.96 Å². The molecule has 2 aromatic rings. The van der Waals surface area contributed by atoms with Gasteiger partial charge < -0.3 is 10.6 Å². The van der Waals surface area contributed by atoms with Crippen LogP contribution in [0.2, 0.25) is 4.34 Å². The van der Waals surface area contributed by atoms with Gasteiger partial charge in [0, 0.05) is 49.2 Å². The Hall–Kier alpha value is -1.59. The molecule has 4 nitrogen and oxygen atoms in total. The first kappa shape index (κ1) is 16.8. The van der Waals surface area contributed by atoms with Gasteiger partial charge in [-0.15, -0.1) is 11.3 Å². The molecule has 0 amide bonds. The van der Waals surface area contributed by atoms with E-state index in [0.717, 1.165) is 48.5 Å². The molecule has 2 rings (SSSR count). The maximum atomic E-state index is 5.93. The van der Waals surface area contributed by atoms with Crippen molar-refractivity contribution in [2.24, 2.45) is 4.99 Å². The smallest absolute Gasteiger partial charge is 0.191 e. The van der Waals surface area contributed by atoms with Gasteiger partial charge in [0.2, 0.25) is 0 Å². The van der Waals surface area contributed by atoms with Crippen molar-refractivity contribution >= 4 is 28.9 Å². The van der Waals surface area contributed by atoms with Gasteiger partial charge in [0.25, 0.3) is 0 Å². The quantitative estimate of drug-likeness (QED) is 0.603. The first-order valence-electron chi connectivity index (χ1n) is 7.44. The molecule has 118 valence electrons. The van der Waals surface area contributed by atoms with Gasteiger partial charge in [-0.2, -0.15) is 0 Å². The summed E-state index contributed by atoms with van der Waals surface area (Å²) in [5, 5.41) is 6.59. The van der Waals surface area contributed by atoms with Gasteiger partial charge in [-0.3, -0.25) is 9.98 Å². The van der Waals surface area contributed by atoms with Crippen LogP contribution >= 0.6 is 22.9 Å². The lowest BCUT2D eigenvalue weighted by molar-refractivity contribution is 0.787. The van der Waals surface area contributed by atoms with Crippen molar-refractivity contribution in [3.63, 3.8) is 0 Å². The number of nitrogens with zero attached hydrogens (tertiary/aromatic N) is 2. The van der Waals surface area contributed by atoms with Crippen molar-refractivity contribution in [3.8, 4) is 0 Å². The van der Waals surface area contributed by atoms with Gasteiger partial charge in [-0.1, -0.05) is 17.7 Å². The van der Waals surface area contributed by atoms with Crippen LogP contribution in [0.15, 0.2) is 41.5 Å². The number of halogens is 1. The van der Waals surface area contributed by atoms with E-state index in [-0.39, 0.29) is 0 Å². The molecular formula is C16H21ClN4S. The van der Waals surface area contributed by atoms with Crippen LogP contribution in [-0.4, -0.2) is 30.6 Å². The monoisotopic (exact) mass is 336 g/mol. The normalized spacial score (nSPS) is 11.5. The van der Waals surface area contributed by atoms with Crippen LogP contribution in [0.3, 0.4) is 0 Å². The van der Waals surface area contributed by atoms with E-state index in [1.807, 2.05) is 30.5 Å². The van der Waals surface area contributed by atoms with Gasteiger partial charge in [0.1, 0.15) is 0 Å². The SMILES string of the molecule is CCNC(=NCCc1ccc(Cl)s1)NCCc1ccccn1. The highest BCUT2D eigenvalue weighted by atomic mass is 35.5. The molecule has 0 aliphatic carbocycles. The van der Waals surface area contributed by atoms with Crippen LogP contribution < -0.4 is 10.6 Å². The van der Waals surface area contributed by atoms with Gasteiger partial charge in [0.05, 0.1) is 4.34 Å². The second kappa shape index (κ2) is 9.43. The van der Waals surface area contributed by atoms with E-state index >= 15 is 0 Å². The second-order valence-electron chi connectivity index (χ2n) is 4.71. The Morgan fingerprint density at radius 2 is 2.14 bits per heavy atom. The molecule has 0 unspecified atom stereocenters. The molecule has 0 saturated heterocycles. The standard InChI is InChI=1S/C16H21ClN4S/c1-2-18-16(20-11-8-13-5-3-4-10-19-13)21-12-9-14-6-7-15(17)22-14/h3-7,10H,2,8-9,11-12H2,1H3,(H2,18,20,21). The predicted octanol–water partition coefficient (Wildman–Crippen LogP) is 3.14. The summed E-state index contributed by atoms with van der Waals surface area (Å²) in [6.07, 6.45) is 3.61. The molecule has 2 aromatic heterocycles. The molecule has 22 heavy (non-hydrogen) atoms. The van der Waals surface area contributed by atoms with E-state index in [9.17, 15) is 0 Å². The summed E-state index contributed by atoms with van der Waals surface area (Å²) in [4.78, 5) is 10.2. The molecule has 0 radical (unpaired) electrons. The molecule has 0 aliphatic heterocycles. The third kappa shape index (κ3) is 6.03. The van der Waals surface area contributed by atoms with E-state index in [2.05, 4.69) is 33.6 Å². The predicted molar refractivity (Wildman–Crippen MR) is 95.0 cm³/mol. The van der Waals surface area contributed by atoms with Crippen molar-refractivity contribution in [2.45, 2.75) is 19.8 Å². The maximum Gasteiger partial charge on any atom is 0.191 e. The van der Waals surface area contributed by atoms with Crippen molar-refractivity contribution in [3.05, 3.63) is 51.4 Å². The average molecular weight is 337 g/mol. The summed E-state index contributed by atoms with van der Waals surface area (Å²) in [7, 11) is 0. The van der Waals surface area contributed by atoms with Crippen LogP contribution in [0.4, 0.5) is 0 Å². The summed E-state index contributed by atoms with van der Waals surface area (Å²) >= 11 is 7.55. The van der Waals surface area contributed by atoms with E-state index in [4.69, 9.17) is 11.6 Å². The van der Waals surface area contributed by atoms with Crippen LogP contribution in [0.5, 0.6) is 0 Å². The molecule has 6 heteroatoms. The van der Waals surface area contributed by atoms with E-state index in [1.54, 1.807) is 11.3 Å². The third-order valence-corrected chi connectivity index (χ3v) is 4.29. The van der Waals surface area contributed by atoms with Crippen molar-refractivity contribution < 1.29 is 0 Å². The van der Waals surface area contributed by atoms with Gasteiger partial charge in [-0.05, 0) is 31.2 Å². The lowest BCUT2D eigenvalue weighted by Crippen LogP contribution is -2.38. The van der Waals surface area contributed by atoms with Gasteiger partial charge in [-0.25, -0.2) is 0 Å². The number of thiophene rings is 1. The van der Waals surface area contributed by atoms with E-state index < -0.39 is 0 Å². The molecule has 0 aliphatic rings. The largest absolute Gasteiger partial charge is 0.357 e. The number of nitrogens with one attached hydrogen (secondary N) is 2. The highest BCUT2D eigenvalue weighted by Gasteiger charge is 2.00. The van der Waals surface area contributed by atoms with Crippen LogP contribution in [0.1, 0.15) is 17.5 Å². The highest BCUT2D eigenvalue weighted by molar-refractivity contribution is 7.16. The molecule has 0 atom stereocenters. The van der Waals surface area contributed by atoms with E-state index in [0.29, 0.717) is 0 Å². The fourth-order valence-corrected chi connectivity index (χ4v) is 3.04. The minimum Gasteiger partial charge on any atom is -0.357 e. The number of aliphatic imine (C=N–C) groups is 1. The Morgan fingerprint density at radius 1 is 1.23 bits per heavy atom. The molecule has 0 bridgehead atoms. The number of pyridine rings is 1. The minimum absolute atomic E-state index is 0.746. The second-order valence-corrected chi connectivity index (χ2v) is 6.51. The lowest BCUT2D eigenvalue weighted by atomic mass is 10.3. The number of guanidine groups is 1. The summed E-state index contributed by atoms with van der Waals surface area (Å²) in [6, 6.07) is 9.96. The molecular weight excluding hydrogens is 316 g/mol. The summed E-state index contributed by atoms with van der Waals surface area (Å²) < 4.78 is 0.833. The topological polar surface area (TPSA) is 49.3 Å². The van der Waals surface area contributed by atoms with E-state index in [1.165, 1.54) is 4.88 Å². The van der Waals surface area contributed by atoms with Crippen LogP contribution in [0.25, 0.3) is 0 Å². The fourth-order valence-electron chi connectivity index (χ4n) is 1.96. The third-order valence-electron chi connectivity index (χ3n) is 3.00. The number of aromatic nitrogens is 1. The number of hydrogen-bond donors (Lipinski definition) is 2. The summed E-state index contributed by atoms with van der Waals surface area (Å²) in [6.45, 7) is 4.47. The molecule has 0 saturated carbocycles. The van der Waals surface area contributed by atoms with Gasteiger partial charge >= 0.3 is 0 Å². The van der Waals surface area contributed by atoms with Crippen molar-refractivity contribution in [2.75, 3.05) is 19.6 Å². The molecule has 2 N–H and O–H groups in total. The van der Waals surface area contributed by atoms with Crippen molar-refractivity contribution in [1.82, 2.24) is 15.6 Å². The molecule has 0 aromatic carbocycles. The zero-order chi connectivity index (χ0) is 15.6. The van der Waals surface area contributed by atoms with Crippen LogP contribution in [-0.2, 0) is 12.8 Å². The highest BCUT2D eigenvalue weighted by Crippen LogP contribution is 2.21. The number of hydrogen-bond acceptors (Lipinski definition) is 3. The Kier molecular flexibility index (Phi) is 7.19. The average Bonchev–Trinajstić information content (AvgIpc) is 2.94. The summed E-state index contributed by atoms with van der Waals surface area (Å²) in [5.41, 5.74) is 1.08. The molecule has 0 fully saturated rings. The molecule has 0 spiro atoms. The zero-order valence-electron chi connectivity index (χ0n) is 12.7. The lowest BCUT2D eigenvalue weighted by Gasteiger charge is -2.10. The Labute approximate surface area is 140 Å². The summed E-state index contributed by atoms with van der Waals surface area (Å²) in [5.74, 6) is 0.848. The molecule has 2 heterocycles. The van der Waals surface area contributed by atoms with Crippen LogP contribution in [0, 0.1) is 0 Å². The van der Waals surface area contributed by atoms with Crippen molar-refractivity contribution in [1.29, 1.82) is 0 Å². The Balaban J connectivity index is 1.77. The fraction of sp³-hybridized carbons (Fsp3) is 0.375. The maximum absolute atomic E-state index is 5.93. The Bertz CT molecular complexity index is 583. The Morgan fingerprint density at radius 3 is 2.82 bits per heavy atom. The first-order valence-corrected chi connectivity index (χ1v) is 8.63. The number of rotatable bonds is 7. The first-order chi connectivity index (χ1) is 10.8.